The van der Waals surface area contributed by atoms with E-state index in [0.29, 0.717) is 5.82 Å². The van der Waals surface area contributed by atoms with Gasteiger partial charge in [-0.05, 0) is 29.2 Å². The molecule has 40 heavy (non-hydrogen) atoms. The van der Waals surface area contributed by atoms with E-state index in [9.17, 15) is 4.79 Å². The monoisotopic (exact) mass is 535 g/mol. The maximum absolute atomic E-state index is 11.9. The Bertz CT molecular complexity index is 1540. The number of imidazole rings is 1. The normalized spacial score (nSPS) is 11.5. The Balaban J connectivity index is 1.52. The molecule has 0 aliphatic carbocycles. The van der Waals surface area contributed by atoms with Gasteiger partial charge in [0.2, 0.25) is 0 Å². The van der Waals surface area contributed by atoms with Gasteiger partial charge >= 0.3 is 5.97 Å². The minimum absolute atomic E-state index is 0.195. The smallest absolute Gasteiger partial charge is 0.309 e. The SMILES string of the molecule is CCCCc1nc2c(N)nc3cc(CC(=O)OC)ccc3c2n1CCN(Cc1ccccc1)Cc1ccccc1. The Labute approximate surface area is 235 Å². The molecule has 0 saturated heterocycles. The molecule has 0 spiro atoms. The Kier molecular flexibility index (Phi) is 8.71. The predicted molar refractivity (Wildman–Crippen MR) is 161 cm³/mol. The van der Waals surface area contributed by atoms with Crippen molar-refractivity contribution >= 4 is 33.7 Å². The molecule has 0 radical (unpaired) electrons. The van der Waals surface area contributed by atoms with Crippen LogP contribution in [0.5, 0.6) is 0 Å². The number of hydrogen-bond donors (Lipinski definition) is 1. The zero-order chi connectivity index (χ0) is 27.9. The average Bonchev–Trinajstić information content (AvgIpc) is 3.34. The second kappa shape index (κ2) is 12.7. The average molecular weight is 536 g/mol. The molecule has 0 amide bonds. The summed E-state index contributed by atoms with van der Waals surface area (Å²) in [5, 5.41) is 0.991. The summed E-state index contributed by atoms with van der Waals surface area (Å²) in [4.78, 5) is 24.1. The second-order valence-electron chi connectivity index (χ2n) is 10.3. The highest BCUT2D eigenvalue weighted by atomic mass is 16.5. The van der Waals surface area contributed by atoms with Crippen molar-refractivity contribution in [3.05, 3.63) is 101 Å². The van der Waals surface area contributed by atoms with E-state index in [1.165, 1.54) is 18.2 Å². The lowest BCUT2D eigenvalue weighted by Gasteiger charge is -2.24. The first-order valence-electron chi connectivity index (χ1n) is 14.0. The number of methoxy groups -OCH3 is 1. The van der Waals surface area contributed by atoms with E-state index in [4.69, 9.17) is 15.5 Å². The number of aryl methyl sites for hydroxylation is 1. The third-order valence-corrected chi connectivity index (χ3v) is 7.32. The Morgan fingerprint density at radius 2 is 1.60 bits per heavy atom. The van der Waals surface area contributed by atoms with Crippen LogP contribution in [-0.4, -0.2) is 39.1 Å². The minimum atomic E-state index is -0.280. The summed E-state index contributed by atoms with van der Waals surface area (Å²) in [5.74, 6) is 1.17. The summed E-state index contributed by atoms with van der Waals surface area (Å²) < 4.78 is 7.20. The molecule has 0 unspecified atom stereocenters. The van der Waals surface area contributed by atoms with Gasteiger partial charge in [0.1, 0.15) is 11.3 Å². The first kappa shape index (κ1) is 27.3. The highest BCUT2D eigenvalue weighted by Gasteiger charge is 2.19. The molecule has 3 aromatic carbocycles. The summed E-state index contributed by atoms with van der Waals surface area (Å²) in [7, 11) is 1.40. The molecule has 0 saturated carbocycles. The molecular weight excluding hydrogens is 498 g/mol. The fourth-order valence-corrected chi connectivity index (χ4v) is 5.26. The number of nitrogens with zero attached hydrogens (tertiary/aromatic N) is 4. The lowest BCUT2D eigenvalue weighted by Crippen LogP contribution is -2.27. The zero-order valence-electron chi connectivity index (χ0n) is 23.3. The van der Waals surface area contributed by atoms with E-state index < -0.39 is 0 Å². The minimum Gasteiger partial charge on any atom is -0.469 e. The Hall–Kier alpha value is -4.23. The summed E-state index contributed by atoms with van der Waals surface area (Å²) in [6.07, 6.45) is 3.21. The fraction of sp³-hybridized carbons (Fsp3) is 0.303. The number of rotatable bonds is 12. The largest absolute Gasteiger partial charge is 0.469 e. The molecule has 7 heteroatoms. The molecule has 0 bridgehead atoms. The van der Waals surface area contributed by atoms with Gasteiger partial charge < -0.3 is 15.0 Å². The van der Waals surface area contributed by atoms with Crippen LogP contribution in [0.25, 0.3) is 21.9 Å². The van der Waals surface area contributed by atoms with Gasteiger partial charge in [-0.3, -0.25) is 9.69 Å². The number of nitrogens with two attached hydrogens (primary N) is 1. The molecule has 2 heterocycles. The Morgan fingerprint density at radius 3 is 2.23 bits per heavy atom. The number of fused-ring (bicyclic) bond motifs is 3. The van der Waals surface area contributed by atoms with Gasteiger partial charge in [0, 0.05) is 38.0 Å². The van der Waals surface area contributed by atoms with Crippen LogP contribution >= 0.6 is 0 Å². The van der Waals surface area contributed by atoms with Crippen LogP contribution in [0.3, 0.4) is 0 Å². The van der Waals surface area contributed by atoms with Crippen LogP contribution in [0.2, 0.25) is 0 Å². The molecule has 2 aromatic heterocycles. The van der Waals surface area contributed by atoms with Crippen molar-refractivity contribution in [2.24, 2.45) is 0 Å². The zero-order valence-corrected chi connectivity index (χ0v) is 23.3. The van der Waals surface area contributed by atoms with E-state index in [-0.39, 0.29) is 12.4 Å². The van der Waals surface area contributed by atoms with Gasteiger partial charge in [0.05, 0.1) is 24.6 Å². The number of carbonyl (C=O) groups is 1. The number of pyridine rings is 1. The summed E-state index contributed by atoms with van der Waals surface area (Å²) in [6.45, 7) is 5.53. The molecule has 206 valence electrons. The third-order valence-electron chi connectivity index (χ3n) is 7.32. The van der Waals surface area contributed by atoms with Gasteiger partial charge in [-0.1, -0.05) is 86.1 Å². The number of anilines is 1. The summed E-state index contributed by atoms with van der Waals surface area (Å²) in [6, 6.07) is 27.2. The van der Waals surface area contributed by atoms with E-state index in [2.05, 4.69) is 82.0 Å². The van der Waals surface area contributed by atoms with Gasteiger partial charge in [0.25, 0.3) is 0 Å². The molecule has 0 aliphatic heterocycles. The van der Waals surface area contributed by atoms with E-state index >= 15 is 0 Å². The quantitative estimate of drug-likeness (QED) is 0.199. The molecule has 2 N–H and O–H groups in total. The molecule has 5 rings (SSSR count). The van der Waals surface area contributed by atoms with E-state index in [0.717, 1.165) is 78.8 Å². The lowest BCUT2D eigenvalue weighted by atomic mass is 10.1. The topological polar surface area (TPSA) is 86.3 Å². The Morgan fingerprint density at radius 1 is 0.925 bits per heavy atom. The number of ether oxygens (including phenoxy) is 1. The van der Waals surface area contributed by atoms with Crippen molar-refractivity contribution in [2.45, 2.75) is 52.2 Å². The third kappa shape index (κ3) is 6.32. The van der Waals surface area contributed by atoms with Crippen molar-refractivity contribution in [3.8, 4) is 0 Å². The van der Waals surface area contributed by atoms with Crippen molar-refractivity contribution in [1.29, 1.82) is 0 Å². The van der Waals surface area contributed by atoms with Crippen molar-refractivity contribution in [2.75, 3.05) is 19.4 Å². The standard InChI is InChI=1S/C33H37N5O2/c1-3-4-15-29-36-31-32(27-17-16-26(21-30(39)40-2)20-28(27)35-33(31)34)38(29)19-18-37(22-24-11-7-5-8-12-24)23-25-13-9-6-10-14-25/h5-14,16-17,20H,3-4,15,18-19,21-23H2,1-2H3,(H2,34,35). The van der Waals surface area contributed by atoms with E-state index in [1.807, 2.05) is 18.2 Å². The second-order valence-corrected chi connectivity index (χ2v) is 10.3. The number of benzene rings is 3. The van der Waals surface area contributed by atoms with Gasteiger partial charge in [-0.2, -0.15) is 0 Å². The van der Waals surface area contributed by atoms with Gasteiger partial charge in [-0.15, -0.1) is 0 Å². The maximum Gasteiger partial charge on any atom is 0.309 e. The molecule has 0 aliphatic rings. The first-order chi connectivity index (χ1) is 19.6. The molecule has 0 atom stereocenters. The number of carbonyl (C=O) groups excluding carboxylic acids is 1. The molecule has 0 fully saturated rings. The van der Waals surface area contributed by atoms with Gasteiger partial charge in [-0.25, -0.2) is 9.97 Å². The molecule has 5 aromatic rings. The molecular formula is C33H37N5O2. The highest BCUT2D eigenvalue weighted by molar-refractivity contribution is 6.06. The van der Waals surface area contributed by atoms with Crippen LogP contribution in [0, 0.1) is 0 Å². The number of hydrogen-bond acceptors (Lipinski definition) is 6. The number of unbranched alkanes of at least 4 members (excludes halogenated alkanes) is 1. The van der Waals surface area contributed by atoms with E-state index in [1.54, 1.807) is 0 Å². The lowest BCUT2D eigenvalue weighted by molar-refractivity contribution is -0.139. The summed E-state index contributed by atoms with van der Waals surface area (Å²) >= 11 is 0. The van der Waals surface area contributed by atoms with Gasteiger partial charge in [0.15, 0.2) is 5.82 Å². The van der Waals surface area contributed by atoms with Crippen LogP contribution < -0.4 is 5.73 Å². The van der Waals surface area contributed by atoms with Crippen LogP contribution in [0.1, 0.15) is 42.3 Å². The fourth-order valence-electron chi connectivity index (χ4n) is 5.26. The summed E-state index contributed by atoms with van der Waals surface area (Å²) in [5.41, 5.74) is 12.4. The van der Waals surface area contributed by atoms with Crippen molar-refractivity contribution in [1.82, 2.24) is 19.4 Å². The number of esters is 1. The van der Waals surface area contributed by atoms with Crippen LogP contribution in [0.4, 0.5) is 5.82 Å². The highest BCUT2D eigenvalue weighted by Crippen LogP contribution is 2.30. The number of aromatic nitrogens is 3. The van der Waals surface area contributed by atoms with Crippen molar-refractivity contribution < 1.29 is 9.53 Å². The van der Waals surface area contributed by atoms with Crippen LogP contribution in [0.15, 0.2) is 78.9 Å². The van der Waals surface area contributed by atoms with Crippen LogP contribution in [-0.2, 0) is 42.0 Å². The maximum atomic E-state index is 11.9. The number of nitrogen functional groups attached to an aromatic ring is 1. The first-order valence-corrected chi connectivity index (χ1v) is 14.0. The molecule has 7 nitrogen and oxygen atoms in total. The van der Waals surface area contributed by atoms with Crippen molar-refractivity contribution in [3.63, 3.8) is 0 Å². The predicted octanol–water partition coefficient (Wildman–Crippen LogP) is 5.93.